The maximum Gasteiger partial charge on any atom is 0.333 e. The number of allylic oxidation sites excluding steroid dienone is 1. The van der Waals surface area contributed by atoms with Gasteiger partial charge >= 0.3 is 5.97 Å². The van der Waals surface area contributed by atoms with E-state index in [-0.39, 0.29) is 19.2 Å². The van der Waals surface area contributed by atoms with Gasteiger partial charge in [-0.15, -0.1) is 0 Å². The Balaban J connectivity index is 2.35. The number of aliphatic hydroxyl groups is 1. The third-order valence-electron chi connectivity index (χ3n) is 2.37. The van der Waals surface area contributed by atoms with E-state index in [0.29, 0.717) is 5.57 Å². The molecule has 1 N–H and O–H groups in total. The molecule has 1 rings (SSSR count). The van der Waals surface area contributed by atoms with Crippen LogP contribution in [0.5, 0.6) is 0 Å². The molecule has 3 heteroatoms. The lowest BCUT2D eigenvalue weighted by atomic mass is 10.1. The van der Waals surface area contributed by atoms with Gasteiger partial charge in [0.25, 0.3) is 0 Å². The summed E-state index contributed by atoms with van der Waals surface area (Å²) in [5.41, 5.74) is 1.84. The first-order valence-corrected chi connectivity index (χ1v) is 5.72. The first-order valence-electron chi connectivity index (χ1n) is 5.72. The Bertz CT molecular complexity index is 368. The van der Waals surface area contributed by atoms with Crippen molar-refractivity contribution in [3.8, 4) is 0 Å². The maximum atomic E-state index is 11.3. The van der Waals surface area contributed by atoms with Crippen molar-refractivity contribution in [3.63, 3.8) is 0 Å². The van der Waals surface area contributed by atoms with E-state index in [2.05, 4.69) is 12.1 Å². The topological polar surface area (TPSA) is 46.5 Å². The summed E-state index contributed by atoms with van der Waals surface area (Å²) in [5, 5.41) is 8.52. The number of benzene rings is 1. The highest BCUT2D eigenvalue weighted by Gasteiger charge is 2.04. The van der Waals surface area contributed by atoms with Gasteiger partial charge in [-0.1, -0.05) is 36.4 Å². The van der Waals surface area contributed by atoms with Crippen LogP contribution in [0.25, 0.3) is 0 Å². The smallest absolute Gasteiger partial charge is 0.333 e. The second-order valence-electron chi connectivity index (χ2n) is 3.77. The molecule has 1 aromatic carbocycles. The van der Waals surface area contributed by atoms with Crippen LogP contribution in [0, 0.1) is 0 Å². The third-order valence-corrected chi connectivity index (χ3v) is 2.37. The molecule has 0 aliphatic rings. The predicted molar refractivity (Wildman–Crippen MR) is 66.6 cm³/mol. The molecule has 0 amide bonds. The minimum atomic E-state index is -0.355. The summed E-state index contributed by atoms with van der Waals surface area (Å²) in [6.07, 6.45) is 3.59. The van der Waals surface area contributed by atoms with E-state index in [4.69, 9.17) is 9.84 Å². The van der Waals surface area contributed by atoms with Crippen molar-refractivity contribution in [1.29, 1.82) is 0 Å². The van der Waals surface area contributed by atoms with E-state index in [0.717, 1.165) is 12.8 Å². The van der Waals surface area contributed by atoms with Gasteiger partial charge in [-0.25, -0.2) is 4.79 Å². The van der Waals surface area contributed by atoms with Crippen LogP contribution in [0.15, 0.2) is 42.0 Å². The van der Waals surface area contributed by atoms with Gasteiger partial charge in [0.15, 0.2) is 0 Å². The van der Waals surface area contributed by atoms with Crippen LogP contribution in [0.4, 0.5) is 0 Å². The zero-order valence-corrected chi connectivity index (χ0v) is 10.1. The summed E-state index contributed by atoms with van der Waals surface area (Å²) in [5.74, 6) is -0.355. The number of hydrogen-bond acceptors (Lipinski definition) is 3. The van der Waals surface area contributed by atoms with Crippen molar-refractivity contribution in [2.24, 2.45) is 0 Å². The molecule has 92 valence electrons. The molecular formula is C14H18O3. The Morgan fingerprint density at radius 2 is 2.06 bits per heavy atom. The lowest BCUT2D eigenvalue weighted by molar-refractivity contribution is -0.139. The predicted octanol–water partition coefficient (Wildman–Crippen LogP) is 2.10. The van der Waals surface area contributed by atoms with Gasteiger partial charge in [-0.3, -0.25) is 0 Å². The number of aryl methyl sites for hydroxylation is 1. The first-order chi connectivity index (χ1) is 8.24. The van der Waals surface area contributed by atoms with Crippen molar-refractivity contribution < 1.29 is 14.6 Å². The van der Waals surface area contributed by atoms with Crippen LogP contribution < -0.4 is 0 Å². The van der Waals surface area contributed by atoms with Crippen LogP contribution in [-0.4, -0.2) is 24.3 Å². The molecule has 0 heterocycles. The Kier molecular flexibility index (Phi) is 6.04. The van der Waals surface area contributed by atoms with Gasteiger partial charge in [-0.05, 0) is 25.3 Å². The van der Waals surface area contributed by atoms with Gasteiger partial charge < -0.3 is 9.84 Å². The van der Waals surface area contributed by atoms with Crippen LogP contribution in [0.1, 0.15) is 18.9 Å². The molecule has 0 radical (unpaired) electrons. The average molecular weight is 234 g/mol. The van der Waals surface area contributed by atoms with Crippen molar-refractivity contribution >= 4 is 5.97 Å². The maximum absolute atomic E-state index is 11.3. The Morgan fingerprint density at radius 1 is 1.35 bits per heavy atom. The molecule has 3 nitrogen and oxygen atoms in total. The second kappa shape index (κ2) is 7.63. The van der Waals surface area contributed by atoms with Crippen molar-refractivity contribution in [2.45, 2.75) is 19.8 Å². The summed E-state index contributed by atoms with van der Waals surface area (Å²) in [4.78, 5) is 11.3. The van der Waals surface area contributed by atoms with Crippen molar-refractivity contribution in [3.05, 3.63) is 47.5 Å². The minimum Gasteiger partial charge on any atom is -0.460 e. The number of rotatable bonds is 6. The van der Waals surface area contributed by atoms with E-state index in [1.165, 1.54) is 5.56 Å². The molecule has 17 heavy (non-hydrogen) atoms. The molecule has 0 aliphatic heterocycles. The number of esters is 1. The fraction of sp³-hybridized carbons (Fsp3) is 0.357. The highest BCUT2D eigenvalue weighted by molar-refractivity contribution is 5.87. The van der Waals surface area contributed by atoms with E-state index < -0.39 is 0 Å². The van der Waals surface area contributed by atoms with Crippen molar-refractivity contribution in [1.82, 2.24) is 0 Å². The number of aliphatic hydroxyl groups excluding tert-OH is 1. The number of carbonyl (C=O) groups is 1. The lowest BCUT2D eigenvalue weighted by Crippen LogP contribution is -2.09. The fourth-order valence-electron chi connectivity index (χ4n) is 1.44. The van der Waals surface area contributed by atoms with Gasteiger partial charge in [0.2, 0.25) is 0 Å². The molecule has 1 aromatic rings. The average Bonchev–Trinajstić information content (AvgIpc) is 2.37. The standard InChI is InChI=1S/C14H18O3/c1-12(14(16)17-11-10-15)6-5-9-13-7-3-2-4-8-13/h2-4,6-8,15H,5,9-11H2,1H3. The quantitative estimate of drug-likeness (QED) is 0.605. The van der Waals surface area contributed by atoms with Crippen LogP contribution in [0.2, 0.25) is 0 Å². The van der Waals surface area contributed by atoms with Crippen LogP contribution >= 0.6 is 0 Å². The van der Waals surface area contributed by atoms with E-state index in [1.54, 1.807) is 6.92 Å². The molecule has 0 unspecified atom stereocenters. The number of hydrogen-bond donors (Lipinski definition) is 1. The summed E-state index contributed by atoms with van der Waals surface area (Å²) in [6, 6.07) is 10.1. The van der Waals surface area contributed by atoms with Crippen LogP contribution in [-0.2, 0) is 16.0 Å². The Labute approximate surface area is 102 Å². The summed E-state index contributed by atoms with van der Waals surface area (Å²) >= 11 is 0. The fourth-order valence-corrected chi connectivity index (χ4v) is 1.44. The van der Waals surface area contributed by atoms with Gasteiger partial charge in [0.1, 0.15) is 6.61 Å². The Hall–Kier alpha value is -1.61. The van der Waals surface area contributed by atoms with E-state index in [1.807, 2.05) is 24.3 Å². The molecule has 0 aromatic heterocycles. The summed E-state index contributed by atoms with van der Waals surface area (Å²) in [7, 11) is 0. The first kappa shape index (κ1) is 13.5. The monoisotopic (exact) mass is 234 g/mol. The molecule has 0 fully saturated rings. The normalized spacial score (nSPS) is 11.3. The molecule has 0 atom stereocenters. The Morgan fingerprint density at radius 3 is 2.71 bits per heavy atom. The summed E-state index contributed by atoms with van der Waals surface area (Å²) in [6.45, 7) is 1.65. The van der Waals surface area contributed by atoms with Gasteiger partial charge in [-0.2, -0.15) is 0 Å². The molecule has 0 saturated heterocycles. The summed E-state index contributed by atoms with van der Waals surface area (Å²) < 4.78 is 4.80. The molecule has 0 saturated carbocycles. The zero-order valence-electron chi connectivity index (χ0n) is 10.1. The van der Waals surface area contributed by atoms with Gasteiger partial charge in [0, 0.05) is 5.57 Å². The lowest BCUT2D eigenvalue weighted by Gasteiger charge is -2.02. The molecule has 0 spiro atoms. The van der Waals surface area contributed by atoms with Crippen LogP contribution in [0.3, 0.4) is 0 Å². The number of carbonyl (C=O) groups excluding carboxylic acids is 1. The zero-order chi connectivity index (χ0) is 12.5. The van der Waals surface area contributed by atoms with E-state index >= 15 is 0 Å². The van der Waals surface area contributed by atoms with Crippen molar-refractivity contribution in [2.75, 3.05) is 13.2 Å². The highest BCUT2D eigenvalue weighted by atomic mass is 16.5. The second-order valence-corrected chi connectivity index (χ2v) is 3.77. The SMILES string of the molecule is CC(=CCCc1ccccc1)C(=O)OCCO. The largest absolute Gasteiger partial charge is 0.460 e. The molecular weight excluding hydrogens is 216 g/mol. The minimum absolute atomic E-state index is 0.0582. The number of ether oxygens (including phenoxy) is 1. The highest BCUT2D eigenvalue weighted by Crippen LogP contribution is 2.05. The third kappa shape index (κ3) is 5.31. The van der Waals surface area contributed by atoms with E-state index in [9.17, 15) is 4.79 Å². The molecule has 0 aliphatic carbocycles. The van der Waals surface area contributed by atoms with Gasteiger partial charge in [0.05, 0.1) is 6.61 Å². The molecule has 0 bridgehead atoms.